The van der Waals surface area contributed by atoms with Crippen molar-refractivity contribution in [2.24, 2.45) is 0 Å². The summed E-state index contributed by atoms with van der Waals surface area (Å²) in [6.45, 7) is -0.798. The molecule has 0 saturated heterocycles. The van der Waals surface area contributed by atoms with Crippen LogP contribution in [0.15, 0.2) is 35.2 Å². The highest BCUT2D eigenvalue weighted by molar-refractivity contribution is 7.08. The molecule has 2 aromatic heterocycles. The highest BCUT2D eigenvalue weighted by atomic mass is 32.1. The fourth-order valence-electron chi connectivity index (χ4n) is 1.62. The van der Waals surface area contributed by atoms with Crippen LogP contribution in [-0.4, -0.2) is 23.9 Å². The van der Waals surface area contributed by atoms with Crippen LogP contribution in [0.4, 0.5) is 8.78 Å². The van der Waals surface area contributed by atoms with Gasteiger partial charge in [-0.25, -0.2) is 13.8 Å². The first-order chi connectivity index (χ1) is 10.6. The van der Waals surface area contributed by atoms with Crippen LogP contribution in [0.3, 0.4) is 0 Å². The van der Waals surface area contributed by atoms with E-state index in [1.807, 2.05) is 6.07 Å². The summed E-state index contributed by atoms with van der Waals surface area (Å²) >= 11 is 1.41. The lowest BCUT2D eigenvalue weighted by Gasteiger charge is -2.11. The molecule has 114 valence electrons. The molecule has 0 aliphatic rings. The Morgan fingerprint density at radius 3 is 2.95 bits per heavy atom. The first kappa shape index (κ1) is 15.9. The van der Waals surface area contributed by atoms with Gasteiger partial charge in [-0.15, -0.1) is 0 Å². The van der Waals surface area contributed by atoms with Gasteiger partial charge in [0, 0.05) is 17.8 Å². The van der Waals surface area contributed by atoms with Crippen LogP contribution in [0, 0.1) is 11.3 Å². The fraction of sp³-hybridized carbons (Fsp3) is 0.214. The zero-order chi connectivity index (χ0) is 15.9. The Labute approximate surface area is 129 Å². The van der Waals surface area contributed by atoms with E-state index in [0.29, 0.717) is 5.56 Å². The maximum absolute atomic E-state index is 12.1. The number of aromatic nitrogens is 1. The molecule has 0 aromatic carbocycles. The molecule has 0 saturated carbocycles. The molecule has 0 unspecified atom stereocenters. The summed E-state index contributed by atoms with van der Waals surface area (Å²) in [7, 11) is 0. The minimum Gasteiger partial charge on any atom is -0.472 e. The van der Waals surface area contributed by atoms with Crippen LogP contribution in [0.1, 0.15) is 22.0 Å². The molecular formula is C14H11F2N3O2S. The Balaban J connectivity index is 2.06. The molecule has 0 bridgehead atoms. The van der Waals surface area contributed by atoms with Gasteiger partial charge >= 0.3 is 0 Å². The van der Waals surface area contributed by atoms with Crippen LogP contribution in [-0.2, 0) is 0 Å². The monoisotopic (exact) mass is 323 g/mol. The zero-order valence-electron chi connectivity index (χ0n) is 11.2. The topological polar surface area (TPSA) is 75.0 Å². The second-order valence-electron chi connectivity index (χ2n) is 4.18. The van der Waals surface area contributed by atoms with E-state index in [0.717, 1.165) is 0 Å². The van der Waals surface area contributed by atoms with Crippen LogP contribution in [0.5, 0.6) is 5.88 Å². The Bertz CT molecular complexity index is 671. The van der Waals surface area contributed by atoms with E-state index in [4.69, 9.17) is 10.00 Å². The normalized spacial score (nSPS) is 11.7. The number of ether oxygens (including phenoxy) is 1. The molecule has 1 atom stereocenters. The summed E-state index contributed by atoms with van der Waals surface area (Å²) in [5.41, 5.74) is 0.860. The molecule has 2 heterocycles. The summed E-state index contributed by atoms with van der Waals surface area (Å²) in [6.07, 6.45) is -1.34. The van der Waals surface area contributed by atoms with Gasteiger partial charge < -0.3 is 10.1 Å². The molecule has 0 fully saturated rings. The average molecular weight is 323 g/mol. The van der Waals surface area contributed by atoms with Crippen molar-refractivity contribution in [2.75, 3.05) is 6.61 Å². The van der Waals surface area contributed by atoms with E-state index in [9.17, 15) is 13.6 Å². The smallest absolute Gasteiger partial charge is 0.272 e. The zero-order valence-corrected chi connectivity index (χ0v) is 12.0. The fourth-order valence-corrected chi connectivity index (χ4v) is 2.31. The molecule has 0 radical (unpaired) electrons. The first-order valence-electron chi connectivity index (χ1n) is 6.19. The minimum absolute atomic E-state index is 0.0722. The molecule has 0 spiro atoms. The van der Waals surface area contributed by atoms with Gasteiger partial charge in [0.15, 0.2) is 6.61 Å². The number of halogens is 2. The summed E-state index contributed by atoms with van der Waals surface area (Å²) in [5, 5.41) is 15.2. The van der Waals surface area contributed by atoms with Gasteiger partial charge in [-0.3, -0.25) is 4.79 Å². The van der Waals surface area contributed by atoms with Crippen molar-refractivity contribution in [1.82, 2.24) is 10.3 Å². The molecule has 1 amide bonds. The third-order valence-electron chi connectivity index (χ3n) is 2.64. The number of nitrogens with one attached hydrogen (secondary N) is 1. The van der Waals surface area contributed by atoms with Crippen molar-refractivity contribution in [2.45, 2.75) is 12.5 Å². The van der Waals surface area contributed by atoms with E-state index in [2.05, 4.69) is 10.3 Å². The maximum atomic E-state index is 12.1. The predicted octanol–water partition coefficient (Wildman–Crippen LogP) is 2.78. The molecule has 2 aromatic rings. The van der Waals surface area contributed by atoms with Crippen LogP contribution < -0.4 is 10.1 Å². The van der Waals surface area contributed by atoms with Gasteiger partial charge in [0.1, 0.15) is 6.04 Å². The molecule has 0 aliphatic carbocycles. The number of carbonyl (C=O) groups is 1. The Kier molecular flexibility index (Phi) is 5.38. The highest BCUT2D eigenvalue weighted by Gasteiger charge is 2.16. The second kappa shape index (κ2) is 7.47. The summed E-state index contributed by atoms with van der Waals surface area (Å²) in [4.78, 5) is 15.9. The lowest BCUT2D eigenvalue weighted by molar-refractivity contribution is 0.0794. The van der Waals surface area contributed by atoms with Crippen molar-refractivity contribution in [3.63, 3.8) is 0 Å². The molecule has 22 heavy (non-hydrogen) atoms. The number of thiophene rings is 1. The molecule has 8 heteroatoms. The molecular weight excluding hydrogens is 312 g/mol. The number of pyridine rings is 1. The Morgan fingerprint density at radius 1 is 1.50 bits per heavy atom. The number of carbonyl (C=O) groups excluding carboxylic acids is 1. The number of alkyl halides is 2. The highest BCUT2D eigenvalue weighted by Crippen LogP contribution is 2.17. The number of rotatable bonds is 6. The number of nitrogens with zero attached hydrogens (tertiary/aromatic N) is 2. The van der Waals surface area contributed by atoms with Gasteiger partial charge in [0.25, 0.3) is 12.3 Å². The van der Waals surface area contributed by atoms with E-state index in [1.54, 1.807) is 16.8 Å². The number of amides is 1. The van der Waals surface area contributed by atoms with E-state index < -0.39 is 25.0 Å². The largest absolute Gasteiger partial charge is 0.472 e. The number of hydrogen-bond acceptors (Lipinski definition) is 5. The third-order valence-corrected chi connectivity index (χ3v) is 3.34. The SMILES string of the molecule is N#C[C@H](NC(=O)c1ccnc(OCC(F)F)c1)c1ccsc1. The predicted molar refractivity (Wildman–Crippen MR) is 75.9 cm³/mol. The van der Waals surface area contributed by atoms with Gasteiger partial charge in [-0.2, -0.15) is 16.6 Å². The Morgan fingerprint density at radius 2 is 2.32 bits per heavy atom. The van der Waals surface area contributed by atoms with Gasteiger partial charge in [0.05, 0.1) is 6.07 Å². The molecule has 0 aliphatic heterocycles. The maximum Gasteiger partial charge on any atom is 0.272 e. The van der Waals surface area contributed by atoms with Crippen LogP contribution in [0.2, 0.25) is 0 Å². The second-order valence-corrected chi connectivity index (χ2v) is 4.96. The summed E-state index contributed by atoms with van der Waals surface area (Å²) < 4.78 is 28.9. The van der Waals surface area contributed by atoms with E-state index in [-0.39, 0.29) is 11.4 Å². The van der Waals surface area contributed by atoms with Gasteiger partial charge in [-0.05, 0) is 28.5 Å². The molecule has 5 nitrogen and oxygen atoms in total. The summed E-state index contributed by atoms with van der Waals surface area (Å²) in [6, 6.07) is 5.61. The quantitative estimate of drug-likeness (QED) is 0.887. The Hall–Kier alpha value is -2.53. The lowest BCUT2D eigenvalue weighted by Crippen LogP contribution is -2.27. The minimum atomic E-state index is -2.62. The first-order valence-corrected chi connectivity index (χ1v) is 7.14. The molecule has 2 rings (SSSR count). The summed E-state index contributed by atoms with van der Waals surface area (Å²) in [5.74, 6) is -0.584. The van der Waals surface area contributed by atoms with Crippen molar-refractivity contribution in [1.29, 1.82) is 5.26 Å². The average Bonchev–Trinajstić information content (AvgIpc) is 3.05. The third kappa shape index (κ3) is 4.23. The van der Waals surface area contributed by atoms with Crippen molar-refractivity contribution in [3.8, 4) is 11.9 Å². The number of hydrogen-bond donors (Lipinski definition) is 1. The lowest BCUT2D eigenvalue weighted by atomic mass is 10.1. The van der Waals surface area contributed by atoms with Crippen LogP contribution in [0.25, 0.3) is 0 Å². The van der Waals surface area contributed by atoms with Crippen molar-refractivity contribution < 1.29 is 18.3 Å². The van der Waals surface area contributed by atoms with Gasteiger partial charge in [-0.1, -0.05) is 0 Å². The number of nitriles is 1. The van der Waals surface area contributed by atoms with E-state index in [1.165, 1.54) is 29.7 Å². The van der Waals surface area contributed by atoms with E-state index >= 15 is 0 Å². The van der Waals surface area contributed by atoms with Crippen LogP contribution >= 0.6 is 11.3 Å². The van der Waals surface area contributed by atoms with Crippen molar-refractivity contribution >= 4 is 17.2 Å². The van der Waals surface area contributed by atoms with Gasteiger partial charge in [0.2, 0.25) is 5.88 Å². The van der Waals surface area contributed by atoms with Crippen molar-refractivity contribution in [3.05, 3.63) is 46.3 Å². The standard InChI is InChI=1S/C14H11F2N3O2S/c15-12(16)7-21-13-5-9(1-3-18-13)14(20)19-11(6-17)10-2-4-22-8-10/h1-5,8,11-12H,7H2,(H,19,20)/t11-/m0/s1. The molecule has 1 N–H and O–H groups in total.